The molecule has 1 fully saturated rings. The van der Waals surface area contributed by atoms with Crippen molar-refractivity contribution in [3.8, 4) is 0 Å². The van der Waals surface area contributed by atoms with Gasteiger partial charge in [0.05, 0.1) is 6.61 Å². The maximum absolute atomic E-state index is 11.6. The van der Waals surface area contributed by atoms with Gasteiger partial charge in [-0.25, -0.2) is 9.36 Å². The van der Waals surface area contributed by atoms with Gasteiger partial charge >= 0.3 is 13.5 Å². The maximum atomic E-state index is 11.6. The van der Waals surface area contributed by atoms with Gasteiger partial charge in [-0.3, -0.25) is 18.9 Å². The summed E-state index contributed by atoms with van der Waals surface area (Å²) in [7, 11) is -4.78. The fourth-order valence-electron chi connectivity index (χ4n) is 1.86. The highest BCUT2D eigenvalue weighted by Gasteiger charge is 2.41. The van der Waals surface area contributed by atoms with Crippen molar-refractivity contribution < 1.29 is 28.7 Å². The monoisotopic (exact) mass is 308 g/mol. The molecule has 3 atom stereocenters. The molecular formula is C9H13N2O8P. The van der Waals surface area contributed by atoms with E-state index in [0.29, 0.717) is 0 Å². The lowest BCUT2D eigenvalue weighted by atomic mass is 10.2. The van der Waals surface area contributed by atoms with Crippen molar-refractivity contribution in [2.24, 2.45) is 0 Å². The van der Waals surface area contributed by atoms with E-state index in [1.165, 1.54) is 13.1 Å². The van der Waals surface area contributed by atoms with Crippen LogP contribution in [0.2, 0.25) is 0 Å². The lowest BCUT2D eigenvalue weighted by molar-refractivity contribution is -0.0211. The number of nitrogens with zero attached hydrogens (tertiary/aromatic N) is 1. The van der Waals surface area contributed by atoms with E-state index in [4.69, 9.17) is 14.5 Å². The van der Waals surface area contributed by atoms with Crippen LogP contribution in [-0.4, -0.2) is 43.3 Å². The summed E-state index contributed by atoms with van der Waals surface area (Å²) in [5.74, 6) is 0. The Bertz CT molecular complexity index is 661. The molecule has 112 valence electrons. The van der Waals surface area contributed by atoms with Crippen LogP contribution in [0.4, 0.5) is 0 Å². The largest absolute Gasteiger partial charge is 0.470 e. The van der Waals surface area contributed by atoms with Crippen LogP contribution in [0.25, 0.3) is 0 Å². The Morgan fingerprint density at radius 3 is 2.75 bits per heavy atom. The number of H-pyrrole nitrogens is 1. The minimum atomic E-state index is -4.78. The van der Waals surface area contributed by atoms with Gasteiger partial charge in [0.1, 0.15) is 12.2 Å². The minimum Gasteiger partial charge on any atom is -0.386 e. The summed E-state index contributed by atoms with van der Waals surface area (Å²) >= 11 is 0. The molecule has 0 radical (unpaired) electrons. The Kier molecular flexibility index (Phi) is 3.96. The summed E-state index contributed by atoms with van der Waals surface area (Å²) < 4.78 is 21.1. The molecule has 0 aliphatic carbocycles. The molecule has 1 aromatic rings. The fraction of sp³-hybridized carbons (Fsp3) is 0.556. The highest BCUT2D eigenvalue weighted by atomic mass is 31.2. The molecule has 2 rings (SSSR count). The van der Waals surface area contributed by atoms with E-state index in [9.17, 15) is 19.3 Å². The van der Waals surface area contributed by atoms with Gasteiger partial charge < -0.3 is 19.6 Å². The predicted molar refractivity (Wildman–Crippen MR) is 64.0 cm³/mol. The first kappa shape index (κ1) is 15.1. The number of aliphatic hydroxyl groups excluding tert-OH is 1. The Morgan fingerprint density at radius 2 is 2.15 bits per heavy atom. The fourth-order valence-corrected chi connectivity index (χ4v) is 2.40. The molecule has 2 heterocycles. The van der Waals surface area contributed by atoms with Gasteiger partial charge in [0.2, 0.25) is 0 Å². The Labute approximate surface area is 111 Å². The summed E-state index contributed by atoms with van der Waals surface area (Å²) in [6, 6.07) is 0. The van der Waals surface area contributed by atoms with Crippen LogP contribution in [-0.2, 0) is 13.8 Å². The third-order valence-corrected chi connectivity index (χ3v) is 3.34. The van der Waals surface area contributed by atoms with Gasteiger partial charge in [-0.15, -0.1) is 0 Å². The third kappa shape index (κ3) is 3.06. The number of ether oxygens (including phenoxy) is 1. The number of phosphoric acid groups is 1. The smallest absolute Gasteiger partial charge is 0.386 e. The van der Waals surface area contributed by atoms with Gasteiger partial charge in [0, 0.05) is 11.8 Å². The lowest BCUT2D eigenvalue weighted by Crippen LogP contribution is -2.38. The number of hydrogen-bond donors (Lipinski definition) is 4. The quantitative estimate of drug-likeness (QED) is 0.478. The molecule has 0 aromatic carbocycles. The van der Waals surface area contributed by atoms with E-state index in [1.54, 1.807) is 0 Å². The lowest BCUT2D eigenvalue weighted by Gasteiger charge is -2.19. The van der Waals surface area contributed by atoms with Crippen LogP contribution < -0.4 is 11.2 Å². The van der Waals surface area contributed by atoms with Crippen LogP contribution >= 0.6 is 7.82 Å². The Morgan fingerprint density at radius 1 is 1.50 bits per heavy atom. The number of rotatable bonds is 3. The number of phosphoric ester groups is 1. The Hall–Kier alpha value is -1.29. The molecular weight excluding hydrogens is 295 g/mol. The highest BCUT2D eigenvalue weighted by molar-refractivity contribution is 7.46. The average molecular weight is 308 g/mol. The molecule has 0 unspecified atom stereocenters. The predicted octanol–water partition coefficient (Wildman–Crippen LogP) is -1.79. The van der Waals surface area contributed by atoms with Crippen LogP contribution in [0.15, 0.2) is 15.8 Å². The van der Waals surface area contributed by atoms with Gasteiger partial charge in [-0.2, -0.15) is 0 Å². The molecule has 10 nitrogen and oxygen atoms in total. The molecule has 11 heteroatoms. The van der Waals surface area contributed by atoms with E-state index >= 15 is 0 Å². The van der Waals surface area contributed by atoms with E-state index in [1.807, 2.05) is 4.98 Å². The summed E-state index contributed by atoms with van der Waals surface area (Å²) in [5.41, 5.74) is -1.15. The van der Waals surface area contributed by atoms with E-state index in [-0.39, 0.29) is 12.2 Å². The molecule has 1 aliphatic heterocycles. The molecule has 0 amide bonds. The number of aliphatic hydroxyl groups is 1. The van der Waals surface area contributed by atoms with Crippen molar-refractivity contribution in [2.75, 3.05) is 6.61 Å². The van der Waals surface area contributed by atoms with Crippen LogP contribution in [0.1, 0.15) is 11.8 Å². The zero-order valence-corrected chi connectivity index (χ0v) is 11.2. The van der Waals surface area contributed by atoms with Crippen molar-refractivity contribution >= 4 is 7.82 Å². The molecule has 0 bridgehead atoms. The molecule has 0 saturated carbocycles. The second kappa shape index (κ2) is 5.24. The van der Waals surface area contributed by atoms with E-state index < -0.39 is 37.5 Å². The number of aromatic amines is 1. The van der Waals surface area contributed by atoms with Crippen LogP contribution in [0.5, 0.6) is 0 Å². The molecule has 4 N–H and O–H groups in total. The number of hydrogen-bond acceptors (Lipinski definition) is 6. The minimum absolute atomic E-state index is 0.222. The molecule has 20 heavy (non-hydrogen) atoms. The van der Waals surface area contributed by atoms with Crippen LogP contribution in [0.3, 0.4) is 0 Å². The summed E-state index contributed by atoms with van der Waals surface area (Å²) in [6.45, 7) is 1.15. The van der Waals surface area contributed by atoms with E-state index in [2.05, 4.69) is 4.52 Å². The molecule has 1 saturated heterocycles. The number of aromatic nitrogens is 2. The Balaban J connectivity index is 2.28. The number of nitrogens with one attached hydrogen (secondary N) is 1. The third-order valence-electron chi connectivity index (χ3n) is 2.80. The topological polar surface area (TPSA) is 151 Å². The second-order valence-electron chi connectivity index (χ2n) is 4.33. The highest BCUT2D eigenvalue weighted by Crippen LogP contribution is 2.41. The van der Waals surface area contributed by atoms with Crippen molar-refractivity contribution in [3.63, 3.8) is 0 Å². The second-order valence-corrected chi connectivity index (χ2v) is 5.52. The zero-order valence-electron chi connectivity index (χ0n) is 10.3. The first-order valence-corrected chi connectivity index (χ1v) is 7.08. The standard InChI is InChI=1S/C9H13N2O8P/c1-4-2-11(9(14)10-7(4)13)8-6(12)5(3-18-8)19-20(15,16)17/h2,5-6,8,12H,3H2,1H3,(H,10,13,14)(H2,15,16,17)/t5-,6+,8+/m0/s1. The maximum Gasteiger partial charge on any atom is 0.470 e. The average Bonchev–Trinajstić information content (AvgIpc) is 2.64. The first-order valence-electron chi connectivity index (χ1n) is 5.55. The van der Waals surface area contributed by atoms with Gasteiger partial charge in [0.15, 0.2) is 6.23 Å². The summed E-state index contributed by atoms with van der Waals surface area (Å²) in [4.78, 5) is 42.3. The molecule has 1 aromatic heterocycles. The molecule has 1 aliphatic rings. The van der Waals surface area contributed by atoms with Crippen molar-refractivity contribution in [1.82, 2.24) is 9.55 Å². The number of aryl methyl sites for hydroxylation is 1. The van der Waals surface area contributed by atoms with Gasteiger partial charge in [0.25, 0.3) is 5.56 Å². The summed E-state index contributed by atoms with van der Waals surface area (Å²) in [5, 5.41) is 9.91. The SMILES string of the molecule is Cc1cn([C@@H]2OC[C@H](OP(=O)(O)O)[C@H]2O)c(=O)[nH]c1=O. The van der Waals surface area contributed by atoms with Crippen LogP contribution in [0, 0.1) is 6.92 Å². The van der Waals surface area contributed by atoms with Gasteiger partial charge in [-0.05, 0) is 6.92 Å². The van der Waals surface area contributed by atoms with E-state index in [0.717, 1.165) is 4.57 Å². The van der Waals surface area contributed by atoms with Crippen molar-refractivity contribution in [1.29, 1.82) is 0 Å². The first-order chi connectivity index (χ1) is 9.19. The van der Waals surface area contributed by atoms with Crippen molar-refractivity contribution in [3.05, 3.63) is 32.6 Å². The normalized spacial score (nSPS) is 26.9. The summed E-state index contributed by atoms with van der Waals surface area (Å²) in [6.07, 6.45) is -2.75. The van der Waals surface area contributed by atoms with Gasteiger partial charge in [-0.1, -0.05) is 0 Å². The zero-order chi connectivity index (χ0) is 15.1. The van der Waals surface area contributed by atoms with Crippen molar-refractivity contribution in [2.45, 2.75) is 25.4 Å². The molecule has 0 spiro atoms.